The van der Waals surface area contributed by atoms with Crippen molar-refractivity contribution < 1.29 is 28.6 Å². The summed E-state index contributed by atoms with van der Waals surface area (Å²) in [4.78, 5) is 52.4. The molecule has 10 heteroatoms. The Morgan fingerprint density at radius 1 is 1.03 bits per heavy atom. The van der Waals surface area contributed by atoms with Crippen LogP contribution >= 0.6 is 23.1 Å². The van der Waals surface area contributed by atoms with E-state index in [2.05, 4.69) is 4.98 Å². The number of benzene rings is 2. The Morgan fingerprint density at radius 3 is 2.25 bits per heavy atom. The molecule has 0 amide bonds. The standard InChI is InChI=1S/C22H16FNO6S2/c1-30-21(28)12-4-2-10(3-5-12)14-15(16(25)11-6-8-13(23)9-7-11)18(20(26)27)31-19-17(14)32-22(29)24-19/h2-9,14-15,18H,1H3,(H,24,29)(H,26,27). The third kappa shape index (κ3) is 3.98. The highest BCUT2D eigenvalue weighted by molar-refractivity contribution is 8.00. The smallest absolute Gasteiger partial charge is 0.337 e. The van der Waals surface area contributed by atoms with Crippen LogP contribution < -0.4 is 4.87 Å². The van der Waals surface area contributed by atoms with Crippen LogP contribution in [0.5, 0.6) is 0 Å². The molecular weight excluding hydrogens is 457 g/mol. The molecule has 0 radical (unpaired) electrons. The second kappa shape index (κ2) is 8.71. The Morgan fingerprint density at radius 2 is 1.66 bits per heavy atom. The molecular formula is C22H16FNO6S2. The molecule has 1 aliphatic rings. The van der Waals surface area contributed by atoms with Crippen molar-refractivity contribution in [2.45, 2.75) is 16.2 Å². The van der Waals surface area contributed by atoms with Crippen LogP contribution in [-0.4, -0.2) is 40.2 Å². The molecule has 2 aromatic carbocycles. The maximum atomic E-state index is 13.5. The summed E-state index contributed by atoms with van der Waals surface area (Å²) in [5.41, 5.74) is 1.03. The largest absolute Gasteiger partial charge is 0.480 e. The summed E-state index contributed by atoms with van der Waals surface area (Å²) >= 11 is 1.83. The zero-order valence-electron chi connectivity index (χ0n) is 16.5. The van der Waals surface area contributed by atoms with Crippen molar-refractivity contribution in [3.63, 3.8) is 0 Å². The predicted octanol–water partition coefficient (Wildman–Crippen LogP) is 3.55. The molecule has 1 aromatic heterocycles. The number of fused-ring (bicyclic) bond motifs is 1. The maximum absolute atomic E-state index is 13.5. The van der Waals surface area contributed by atoms with Crippen molar-refractivity contribution in [2.24, 2.45) is 5.92 Å². The lowest BCUT2D eigenvalue weighted by molar-refractivity contribution is -0.137. The summed E-state index contributed by atoms with van der Waals surface area (Å²) in [7, 11) is 1.26. The van der Waals surface area contributed by atoms with E-state index < -0.39 is 40.6 Å². The number of ether oxygens (including phenoxy) is 1. The van der Waals surface area contributed by atoms with E-state index in [0.717, 1.165) is 35.2 Å². The first-order valence-corrected chi connectivity index (χ1v) is 11.1. The van der Waals surface area contributed by atoms with E-state index in [1.165, 1.54) is 31.4 Å². The number of hydrogen-bond donors (Lipinski definition) is 2. The molecule has 2 heterocycles. The van der Waals surface area contributed by atoms with E-state index in [9.17, 15) is 28.7 Å². The second-order valence-electron chi connectivity index (χ2n) is 7.07. The maximum Gasteiger partial charge on any atom is 0.337 e. The van der Waals surface area contributed by atoms with E-state index >= 15 is 0 Å². The molecule has 3 aromatic rings. The lowest BCUT2D eigenvalue weighted by atomic mass is 9.77. The quantitative estimate of drug-likeness (QED) is 0.430. The molecule has 32 heavy (non-hydrogen) atoms. The van der Waals surface area contributed by atoms with Gasteiger partial charge in [0.1, 0.15) is 11.1 Å². The van der Waals surface area contributed by atoms with Crippen LogP contribution in [0.3, 0.4) is 0 Å². The van der Waals surface area contributed by atoms with E-state index in [0.29, 0.717) is 21.0 Å². The number of carbonyl (C=O) groups excluding carboxylic acids is 2. The number of nitrogens with one attached hydrogen (secondary N) is 1. The fourth-order valence-electron chi connectivity index (χ4n) is 3.76. The number of hydrogen-bond acceptors (Lipinski definition) is 7. The van der Waals surface area contributed by atoms with Gasteiger partial charge in [-0.1, -0.05) is 35.2 Å². The summed E-state index contributed by atoms with van der Waals surface area (Å²) in [6.45, 7) is 0. The number of H-pyrrole nitrogens is 1. The summed E-state index contributed by atoms with van der Waals surface area (Å²) in [6.07, 6.45) is 0. The highest BCUT2D eigenvalue weighted by Crippen LogP contribution is 2.50. The lowest BCUT2D eigenvalue weighted by Gasteiger charge is -2.34. The Kier molecular flexibility index (Phi) is 5.98. The zero-order valence-corrected chi connectivity index (χ0v) is 18.2. The SMILES string of the molecule is COC(=O)c1ccc(C2c3sc(=O)[nH]c3SC(C(=O)O)C2C(=O)c2ccc(F)cc2)cc1. The van der Waals surface area contributed by atoms with Gasteiger partial charge in [0.15, 0.2) is 5.78 Å². The van der Waals surface area contributed by atoms with E-state index in [-0.39, 0.29) is 10.4 Å². The number of methoxy groups -OCH3 is 1. The topological polar surface area (TPSA) is 114 Å². The molecule has 0 spiro atoms. The van der Waals surface area contributed by atoms with Gasteiger partial charge in [0, 0.05) is 16.4 Å². The minimum atomic E-state index is -1.20. The number of thiazole rings is 1. The van der Waals surface area contributed by atoms with Crippen LogP contribution in [0.4, 0.5) is 4.39 Å². The third-order valence-corrected chi connectivity index (χ3v) is 7.62. The zero-order chi connectivity index (χ0) is 23.0. The van der Waals surface area contributed by atoms with Gasteiger partial charge in [-0.15, -0.1) is 0 Å². The molecule has 0 saturated heterocycles. The highest BCUT2D eigenvalue weighted by atomic mass is 32.2. The molecule has 0 aliphatic carbocycles. The summed E-state index contributed by atoms with van der Waals surface area (Å²) < 4.78 is 18.1. The molecule has 164 valence electrons. The van der Waals surface area contributed by atoms with Gasteiger partial charge >= 0.3 is 16.8 Å². The van der Waals surface area contributed by atoms with Gasteiger partial charge < -0.3 is 14.8 Å². The number of aromatic amines is 1. The average molecular weight is 474 g/mol. The third-order valence-electron chi connectivity index (χ3n) is 5.22. The van der Waals surface area contributed by atoms with Gasteiger partial charge in [-0.25, -0.2) is 9.18 Å². The molecule has 0 fully saturated rings. The summed E-state index contributed by atoms with van der Waals surface area (Å²) in [5.74, 6) is -4.55. The minimum absolute atomic E-state index is 0.172. The lowest BCUT2D eigenvalue weighted by Crippen LogP contribution is -2.39. The average Bonchev–Trinajstić information content (AvgIpc) is 3.17. The van der Waals surface area contributed by atoms with Crippen molar-refractivity contribution in [1.82, 2.24) is 4.98 Å². The number of esters is 1. The summed E-state index contributed by atoms with van der Waals surface area (Å²) in [5, 5.41) is 9.13. The molecule has 4 rings (SSSR count). The first kappa shape index (κ1) is 22.0. The number of rotatable bonds is 5. The molecule has 0 bridgehead atoms. The fraction of sp³-hybridized carbons (Fsp3) is 0.182. The molecule has 0 saturated carbocycles. The van der Waals surface area contributed by atoms with Crippen molar-refractivity contribution in [3.8, 4) is 0 Å². The number of halogens is 1. The fourth-order valence-corrected chi connectivity index (χ4v) is 6.18. The number of carbonyl (C=O) groups is 3. The second-order valence-corrected chi connectivity index (χ2v) is 9.24. The van der Waals surface area contributed by atoms with Crippen molar-refractivity contribution in [1.29, 1.82) is 0 Å². The molecule has 2 N–H and O–H groups in total. The Labute approximate surface area is 189 Å². The van der Waals surface area contributed by atoms with Crippen LogP contribution in [0.25, 0.3) is 0 Å². The first-order valence-electron chi connectivity index (χ1n) is 9.40. The molecule has 7 nitrogen and oxygen atoms in total. The number of thioether (sulfide) groups is 1. The van der Waals surface area contributed by atoms with Gasteiger partial charge in [-0.3, -0.25) is 14.4 Å². The molecule has 1 aliphatic heterocycles. The van der Waals surface area contributed by atoms with Crippen molar-refractivity contribution in [3.05, 3.63) is 85.6 Å². The van der Waals surface area contributed by atoms with Crippen LogP contribution in [0, 0.1) is 11.7 Å². The minimum Gasteiger partial charge on any atom is -0.480 e. The normalized spacial score (nSPS) is 19.8. The summed E-state index contributed by atoms with van der Waals surface area (Å²) in [6, 6.07) is 11.2. The van der Waals surface area contributed by atoms with Gasteiger partial charge in [-0.2, -0.15) is 0 Å². The van der Waals surface area contributed by atoms with Crippen molar-refractivity contribution >= 4 is 40.8 Å². The van der Waals surface area contributed by atoms with E-state index in [4.69, 9.17) is 4.74 Å². The number of Topliss-reactive ketones (excluding diaryl/α,β-unsaturated/α-hetero) is 1. The van der Waals surface area contributed by atoms with E-state index in [1.54, 1.807) is 12.1 Å². The predicted molar refractivity (Wildman–Crippen MR) is 116 cm³/mol. The first-order chi connectivity index (χ1) is 15.3. The van der Waals surface area contributed by atoms with Crippen LogP contribution in [0.15, 0.2) is 58.4 Å². The van der Waals surface area contributed by atoms with Gasteiger partial charge in [0.05, 0.1) is 23.6 Å². The van der Waals surface area contributed by atoms with E-state index in [1.807, 2.05) is 0 Å². The van der Waals surface area contributed by atoms with Crippen LogP contribution in [0.1, 0.15) is 37.1 Å². The van der Waals surface area contributed by atoms with Crippen LogP contribution in [-0.2, 0) is 9.53 Å². The molecule has 3 unspecified atom stereocenters. The monoisotopic (exact) mass is 473 g/mol. The van der Waals surface area contributed by atoms with Crippen LogP contribution in [0.2, 0.25) is 0 Å². The van der Waals surface area contributed by atoms with Gasteiger partial charge in [0.25, 0.3) is 0 Å². The highest BCUT2D eigenvalue weighted by Gasteiger charge is 2.47. The number of aromatic nitrogens is 1. The Bertz CT molecular complexity index is 1250. The van der Waals surface area contributed by atoms with Crippen molar-refractivity contribution in [2.75, 3.05) is 7.11 Å². The number of aliphatic carboxylic acids is 1. The Balaban J connectivity index is 1.87. The number of ketones is 1. The number of carboxylic acid groups (broad SMARTS) is 1. The van der Waals surface area contributed by atoms with Gasteiger partial charge in [-0.05, 0) is 42.0 Å². The number of carboxylic acids is 1. The Hall–Kier alpha value is -3.24. The van der Waals surface area contributed by atoms with Gasteiger partial charge in [0.2, 0.25) is 0 Å². The molecule has 3 atom stereocenters.